The standard InChI is InChI=1S/C18H17N3OS/c1-20(2)14-10-8-13(9-11-14)12-16-17(22)21(18(19)23-16)15-6-4-3-5-7-15/h3-12,19H,1-2H3/b16-12+,19-18?. The third-order valence-corrected chi connectivity index (χ3v) is 4.43. The maximum Gasteiger partial charge on any atom is 0.271 e. The first-order chi connectivity index (χ1) is 11.1. The molecule has 0 radical (unpaired) electrons. The molecular formula is C18H17N3OS. The lowest BCUT2D eigenvalue weighted by atomic mass is 10.2. The summed E-state index contributed by atoms with van der Waals surface area (Å²) in [5.74, 6) is -0.150. The van der Waals surface area contributed by atoms with Crippen LogP contribution >= 0.6 is 11.8 Å². The highest BCUT2D eigenvalue weighted by atomic mass is 32.2. The monoisotopic (exact) mass is 323 g/mol. The van der Waals surface area contributed by atoms with Crippen LogP contribution in [-0.2, 0) is 4.79 Å². The molecule has 1 N–H and O–H groups in total. The number of nitrogens with one attached hydrogen (secondary N) is 1. The number of carbonyl (C=O) groups is 1. The Morgan fingerprint density at radius 3 is 2.30 bits per heavy atom. The molecule has 1 aliphatic heterocycles. The van der Waals surface area contributed by atoms with Gasteiger partial charge in [-0.1, -0.05) is 30.3 Å². The van der Waals surface area contributed by atoms with Crippen molar-refractivity contribution in [2.45, 2.75) is 0 Å². The second kappa shape index (κ2) is 6.30. The van der Waals surface area contributed by atoms with Crippen molar-refractivity contribution >= 4 is 40.3 Å². The Kier molecular flexibility index (Phi) is 4.21. The van der Waals surface area contributed by atoms with Crippen molar-refractivity contribution in [2.75, 3.05) is 23.9 Å². The minimum atomic E-state index is -0.150. The van der Waals surface area contributed by atoms with Crippen LogP contribution in [0.25, 0.3) is 6.08 Å². The fraction of sp³-hybridized carbons (Fsp3) is 0.111. The zero-order valence-corrected chi connectivity index (χ0v) is 13.8. The highest BCUT2D eigenvalue weighted by molar-refractivity contribution is 8.19. The van der Waals surface area contributed by atoms with Crippen molar-refractivity contribution in [3.63, 3.8) is 0 Å². The summed E-state index contributed by atoms with van der Waals surface area (Å²) in [6, 6.07) is 17.3. The Hall–Kier alpha value is -2.53. The van der Waals surface area contributed by atoms with Gasteiger partial charge in [0.05, 0.1) is 10.6 Å². The highest BCUT2D eigenvalue weighted by Crippen LogP contribution is 2.35. The Labute approximate surface area is 139 Å². The second-order valence-electron chi connectivity index (χ2n) is 5.38. The van der Waals surface area contributed by atoms with Crippen molar-refractivity contribution in [3.8, 4) is 0 Å². The number of thioether (sulfide) groups is 1. The van der Waals surface area contributed by atoms with E-state index < -0.39 is 0 Å². The van der Waals surface area contributed by atoms with Gasteiger partial charge in [0.2, 0.25) is 0 Å². The molecule has 3 rings (SSSR count). The van der Waals surface area contributed by atoms with Crippen LogP contribution in [0.2, 0.25) is 0 Å². The summed E-state index contributed by atoms with van der Waals surface area (Å²) < 4.78 is 0. The van der Waals surface area contributed by atoms with Crippen LogP contribution in [0.1, 0.15) is 5.56 Å². The van der Waals surface area contributed by atoms with Gasteiger partial charge in [-0.25, -0.2) is 0 Å². The van der Waals surface area contributed by atoms with Crippen molar-refractivity contribution in [2.24, 2.45) is 0 Å². The molecule has 0 saturated carbocycles. The van der Waals surface area contributed by atoms with Crippen LogP contribution in [0.5, 0.6) is 0 Å². The van der Waals surface area contributed by atoms with Crippen LogP contribution in [-0.4, -0.2) is 25.2 Å². The van der Waals surface area contributed by atoms with Gasteiger partial charge in [0.1, 0.15) is 0 Å². The molecule has 2 aromatic carbocycles. The minimum absolute atomic E-state index is 0.150. The molecule has 4 nitrogen and oxygen atoms in total. The predicted molar refractivity (Wildman–Crippen MR) is 98.0 cm³/mol. The molecule has 0 bridgehead atoms. The van der Waals surface area contributed by atoms with Gasteiger partial charge in [-0.2, -0.15) is 0 Å². The van der Waals surface area contributed by atoms with Gasteiger partial charge in [-0.3, -0.25) is 15.1 Å². The molecule has 1 fully saturated rings. The van der Waals surface area contributed by atoms with E-state index in [0.29, 0.717) is 4.91 Å². The fourth-order valence-corrected chi connectivity index (χ4v) is 3.18. The van der Waals surface area contributed by atoms with Gasteiger partial charge in [0.25, 0.3) is 5.91 Å². The minimum Gasteiger partial charge on any atom is -0.378 e. The maximum atomic E-state index is 12.6. The molecule has 0 unspecified atom stereocenters. The zero-order valence-electron chi connectivity index (χ0n) is 13.0. The topological polar surface area (TPSA) is 47.4 Å². The zero-order chi connectivity index (χ0) is 16.4. The van der Waals surface area contributed by atoms with Gasteiger partial charge in [-0.05, 0) is 47.7 Å². The van der Waals surface area contributed by atoms with Crippen LogP contribution in [0.3, 0.4) is 0 Å². The molecule has 1 saturated heterocycles. The first kappa shape index (κ1) is 15.4. The van der Waals surface area contributed by atoms with Crippen molar-refractivity contribution in [1.82, 2.24) is 0 Å². The third kappa shape index (κ3) is 3.14. The van der Waals surface area contributed by atoms with E-state index in [1.54, 1.807) is 0 Å². The van der Waals surface area contributed by atoms with E-state index in [4.69, 9.17) is 5.41 Å². The summed E-state index contributed by atoms with van der Waals surface area (Å²) in [6.45, 7) is 0. The van der Waals surface area contributed by atoms with Gasteiger partial charge in [0, 0.05) is 19.8 Å². The summed E-state index contributed by atoms with van der Waals surface area (Å²) >= 11 is 1.19. The first-order valence-corrected chi connectivity index (χ1v) is 8.03. The Morgan fingerprint density at radius 2 is 1.70 bits per heavy atom. The lowest BCUT2D eigenvalue weighted by Gasteiger charge is -2.13. The van der Waals surface area contributed by atoms with Crippen molar-refractivity contribution in [3.05, 3.63) is 65.1 Å². The average Bonchev–Trinajstić information content (AvgIpc) is 2.82. The molecule has 0 aromatic heterocycles. The van der Waals surface area contributed by atoms with Gasteiger partial charge < -0.3 is 4.90 Å². The number of para-hydroxylation sites is 1. The molecule has 2 aromatic rings. The molecule has 1 heterocycles. The van der Waals surface area contributed by atoms with Crippen molar-refractivity contribution < 1.29 is 4.79 Å². The van der Waals surface area contributed by atoms with E-state index in [9.17, 15) is 4.79 Å². The van der Waals surface area contributed by atoms with Gasteiger partial charge in [-0.15, -0.1) is 0 Å². The SMILES string of the molecule is CN(C)c1ccc(/C=C2/SC(=N)N(c3ccccc3)C2=O)cc1. The molecule has 23 heavy (non-hydrogen) atoms. The number of hydrogen-bond donors (Lipinski definition) is 1. The number of amidine groups is 1. The lowest BCUT2D eigenvalue weighted by Crippen LogP contribution is -2.27. The quantitative estimate of drug-likeness (QED) is 0.874. The number of rotatable bonds is 3. The Morgan fingerprint density at radius 1 is 1.04 bits per heavy atom. The summed E-state index contributed by atoms with van der Waals surface area (Å²) in [6.07, 6.45) is 1.84. The average molecular weight is 323 g/mol. The number of benzene rings is 2. The lowest BCUT2D eigenvalue weighted by molar-refractivity contribution is -0.113. The Bertz CT molecular complexity index is 767. The second-order valence-corrected chi connectivity index (χ2v) is 6.41. The van der Waals surface area contributed by atoms with E-state index in [2.05, 4.69) is 0 Å². The van der Waals surface area contributed by atoms with Crippen LogP contribution in [0, 0.1) is 5.41 Å². The molecule has 0 spiro atoms. The third-order valence-electron chi connectivity index (χ3n) is 3.55. The van der Waals surface area contributed by atoms with E-state index >= 15 is 0 Å². The number of amides is 1. The van der Waals surface area contributed by atoms with E-state index in [-0.39, 0.29) is 11.1 Å². The van der Waals surface area contributed by atoms with E-state index in [1.807, 2.05) is 79.7 Å². The van der Waals surface area contributed by atoms with Crippen molar-refractivity contribution in [1.29, 1.82) is 5.41 Å². The summed E-state index contributed by atoms with van der Waals surface area (Å²) in [5, 5.41) is 8.31. The molecule has 0 aliphatic carbocycles. The van der Waals surface area contributed by atoms with Gasteiger partial charge in [0.15, 0.2) is 5.17 Å². The number of anilines is 2. The molecule has 1 amide bonds. The normalized spacial score (nSPS) is 16.3. The van der Waals surface area contributed by atoms with Crippen LogP contribution < -0.4 is 9.80 Å². The predicted octanol–water partition coefficient (Wildman–Crippen LogP) is 3.81. The van der Waals surface area contributed by atoms with Gasteiger partial charge >= 0.3 is 0 Å². The number of carbonyl (C=O) groups excluding carboxylic acids is 1. The van der Waals surface area contributed by atoms with Crippen LogP contribution in [0.4, 0.5) is 11.4 Å². The van der Waals surface area contributed by atoms with E-state index in [1.165, 1.54) is 16.7 Å². The number of nitrogens with zero attached hydrogens (tertiary/aromatic N) is 2. The fourth-order valence-electron chi connectivity index (χ4n) is 2.32. The molecule has 1 aliphatic rings. The summed E-state index contributed by atoms with van der Waals surface area (Å²) in [7, 11) is 3.98. The van der Waals surface area contributed by atoms with Crippen LogP contribution in [0.15, 0.2) is 59.5 Å². The Balaban J connectivity index is 1.87. The summed E-state index contributed by atoms with van der Waals surface area (Å²) in [5.41, 5.74) is 2.78. The largest absolute Gasteiger partial charge is 0.378 e. The molecule has 5 heteroatoms. The number of hydrogen-bond acceptors (Lipinski definition) is 4. The smallest absolute Gasteiger partial charge is 0.271 e. The summed E-state index contributed by atoms with van der Waals surface area (Å²) in [4.78, 5) is 16.6. The maximum absolute atomic E-state index is 12.6. The first-order valence-electron chi connectivity index (χ1n) is 7.21. The molecule has 116 valence electrons. The molecular weight excluding hydrogens is 306 g/mol. The highest BCUT2D eigenvalue weighted by Gasteiger charge is 2.33. The molecule has 0 atom stereocenters. The van der Waals surface area contributed by atoms with E-state index in [0.717, 1.165) is 16.9 Å².